The second kappa shape index (κ2) is 7.74. The molecule has 1 nitrogen and oxygen atoms in total. The minimum absolute atomic E-state index is 1.02. The fourth-order valence-electron chi connectivity index (χ4n) is 3.86. The molecule has 0 bridgehead atoms. The van der Waals surface area contributed by atoms with Gasteiger partial charge in [-0.3, -0.25) is 0 Å². The van der Waals surface area contributed by atoms with E-state index in [-0.39, 0.29) is 0 Å². The summed E-state index contributed by atoms with van der Waals surface area (Å²) < 4.78 is 2.89. The molecule has 0 atom stereocenters. The molecule has 134 valence electrons. The first-order valence-corrected chi connectivity index (χ1v) is 15.2. The standard InChI is InChI=1S/C23H29NSi2/c1-25(2,22-16-10-6-11-17-22)24(20-21-14-8-5-9-15-21)26(3,4)23-18-12-7-13-19-23/h5-19H,20H2,1-4H3. The van der Waals surface area contributed by atoms with Crippen LogP contribution in [0.15, 0.2) is 91.0 Å². The van der Waals surface area contributed by atoms with Gasteiger partial charge in [0.15, 0.2) is 0 Å². The molecule has 0 aliphatic carbocycles. The van der Waals surface area contributed by atoms with Crippen molar-refractivity contribution in [3.8, 4) is 0 Å². The van der Waals surface area contributed by atoms with Crippen LogP contribution in [0.25, 0.3) is 0 Å². The molecule has 26 heavy (non-hydrogen) atoms. The number of hydrogen-bond acceptors (Lipinski definition) is 1. The van der Waals surface area contributed by atoms with Crippen LogP contribution in [0.5, 0.6) is 0 Å². The maximum absolute atomic E-state index is 2.89. The fourth-order valence-corrected chi connectivity index (χ4v) is 14.0. The van der Waals surface area contributed by atoms with Crippen LogP contribution in [0, 0.1) is 0 Å². The third-order valence-electron chi connectivity index (χ3n) is 5.49. The van der Waals surface area contributed by atoms with Gasteiger partial charge in [-0.15, -0.1) is 0 Å². The summed E-state index contributed by atoms with van der Waals surface area (Å²) in [6, 6.07) is 33.2. The maximum Gasteiger partial charge on any atom is 0.148 e. The first-order chi connectivity index (χ1) is 12.4. The highest BCUT2D eigenvalue weighted by Crippen LogP contribution is 2.23. The van der Waals surface area contributed by atoms with E-state index < -0.39 is 16.5 Å². The van der Waals surface area contributed by atoms with Gasteiger partial charge >= 0.3 is 0 Å². The molecule has 0 unspecified atom stereocenters. The lowest BCUT2D eigenvalue weighted by Gasteiger charge is -2.47. The van der Waals surface area contributed by atoms with E-state index in [1.54, 1.807) is 0 Å². The smallest absolute Gasteiger partial charge is 0.148 e. The highest BCUT2D eigenvalue weighted by Gasteiger charge is 2.42. The molecule has 0 aliphatic heterocycles. The second-order valence-electron chi connectivity index (χ2n) is 7.92. The Morgan fingerprint density at radius 2 is 0.885 bits per heavy atom. The van der Waals surface area contributed by atoms with E-state index in [0.717, 1.165) is 6.54 Å². The van der Waals surface area contributed by atoms with Gasteiger partial charge in [0.25, 0.3) is 0 Å². The highest BCUT2D eigenvalue weighted by molar-refractivity contribution is 7.02. The average molecular weight is 376 g/mol. The predicted molar refractivity (Wildman–Crippen MR) is 119 cm³/mol. The maximum atomic E-state index is 2.89. The lowest BCUT2D eigenvalue weighted by Crippen LogP contribution is -2.70. The summed E-state index contributed by atoms with van der Waals surface area (Å²) in [6.45, 7) is 11.0. The fraction of sp³-hybridized carbons (Fsp3) is 0.217. The van der Waals surface area contributed by atoms with Crippen molar-refractivity contribution in [2.45, 2.75) is 32.7 Å². The molecule has 3 rings (SSSR count). The molecule has 0 N–H and O–H groups in total. The zero-order valence-electron chi connectivity index (χ0n) is 16.3. The molecule has 3 aromatic rings. The van der Waals surface area contributed by atoms with Gasteiger partial charge < -0.3 is 4.23 Å². The van der Waals surface area contributed by atoms with Crippen LogP contribution in [0.3, 0.4) is 0 Å². The van der Waals surface area contributed by atoms with Crippen LogP contribution in [0.2, 0.25) is 26.2 Å². The Balaban J connectivity index is 2.07. The van der Waals surface area contributed by atoms with E-state index in [9.17, 15) is 0 Å². The highest BCUT2D eigenvalue weighted by atomic mass is 28.4. The van der Waals surface area contributed by atoms with E-state index in [1.165, 1.54) is 15.9 Å². The molecule has 3 aromatic carbocycles. The van der Waals surface area contributed by atoms with Crippen molar-refractivity contribution < 1.29 is 0 Å². The summed E-state index contributed by atoms with van der Waals surface area (Å²) in [5, 5.41) is 3.01. The van der Waals surface area contributed by atoms with Gasteiger partial charge in [0.1, 0.15) is 16.5 Å². The van der Waals surface area contributed by atoms with Gasteiger partial charge in [-0.1, -0.05) is 117 Å². The van der Waals surface area contributed by atoms with E-state index in [0.29, 0.717) is 0 Å². The van der Waals surface area contributed by atoms with Crippen LogP contribution < -0.4 is 10.4 Å². The second-order valence-corrected chi connectivity index (χ2v) is 16.8. The van der Waals surface area contributed by atoms with Crippen LogP contribution in [-0.2, 0) is 6.54 Å². The SMILES string of the molecule is C[Si](C)(c1ccccc1)N(Cc1ccccc1)[Si](C)(C)c1ccccc1. The molecule has 0 heterocycles. The summed E-state index contributed by atoms with van der Waals surface area (Å²) in [6.07, 6.45) is 0. The summed E-state index contributed by atoms with van der Waals surface area (Å²) in [5.41, 5.74) is 1.40. The first kappa shape index (κ1) is 18.8. The van der Waals surface area contributed by atoms with E-state index in [4.69, 9.17) is 0 Å². The third-order valence-corrected chi connectivity index (χ3v) is 15.4. The lowest BCUT2D eigenvalue weighted by atomic mass is 10.2. The number of benzene rings is 3. The minimum Gasteiger partial charge on any atom is -0.335 e. The van der Waals surface area contributed by atoms with Crippen molar-refractivity contribution in [2.24, 2.45) is 0 Å². The predicted octanol–water partition coefficient (Wildman–Crippen LogP) is 4.71. The Morgan fingerprint density at radius 1 is 0.538 bits per heavy atom. The molecule has 0 spiro atoms. The van der Waals surface area contributed by atoms with Crippen molar-refractivity contribution in [2.75, 3.05) is 0 Å². The molecule has 3 heteroatoms. The molecular weight excluding hydrogens is 346 g/mol. The minimum atomic E-state index is -1.81. The molecule has 0 saturated carbocycles. The largest absolute Gasteiger partial charge is 0.335 e. The van der Waals surface area contributed by atoms with Gasteiger partial charge in [0.2, 0.25) is 0 Å². The average Bonchev–Trinajstić information content (AvgIpc) is 2.68. The van der Waals surface area contributed by atoms with Crippen molar-refractivity contribution in [3.05, 3.63) is 96.6 Å². The quantitative estimate of drug-likeness (QED) is 0.564. The van der Waals surface area contributed by atoms with Crippen molar-refractivity contribution >= 4 is 26.8 Å². The lowest BCUT2D eigenvalue weighted by molar-refractivity contribution is 0.622. The molecule has 0 aliphatic rings. The Labute approximate surface area is 160 Å². The van der Waals surface area contributed by atoms with Crippen LogP contribution in [0.4, 0.5) is 0 Å². The molecular formula is C23H29NSi2. The molecule has 0 aromatic heterocycles. The van der Waals surface area contributed by atoms with Gasteiger partial charge in [-0.25, -0.2) is 0 Å². The van der Waals surface area contributed by atoms with Gasteiger partial charge in [0.05, 0.1) is 0 Å². The van der Waals surface area contributed by atoms with Crippen molar-refractivity contribution in [1.82, 2.24) is 4.23 Å². The number of hydrogen-bond donors (Lipinski definition) is 0. The Kier molecular flexibility index (Phi) is 5.61. The van der Waals surface area contributed by atoms with E-state index in [1.807, 2.05) is 0 Å². The van der Waals surface area contributed by atoms with Crippen LogP contribution >= 0.6 is 0 Å². The number of rotatable bonds is 6. The molecule has 0 radical (unpaired) electrons. The van der Waals surface area contributed by atoms with E-state index in [2.05, 4.69) is 121 Å². The third kappa shape index (κ3) is 3.90. The summed E-state index contributed by atoms with van der Waals surface area (Å²) in [7, 11) is -3.63. The van der Waals surface area contributed by atoms with Crippen LogP contribution in [0.1, 0.15) is 5.56 Å². The molecule has 0 amide bonds. The van der Waals surface area contributed by atoms with Crippen LogP contribution in [-0.4, -0.2) is 20.7 Å². The van der Waals surface area contributed by atoms with Crippen molar-refractivity contribution in [3.63, 3.8) is 0 Å². The van der Waals surface area contributed by atoms with Gasteiger partial charge in [0, 0.05) is 6.54 Å². The topological polar surface area (TPSA) is 3.24 Å². The normalized spacial score (nSPS) is 12.3. The monoisotopic (exact) mass is 375 g/mol. The number of nitrogens with zero attached hydrogens (tertiary/aromatic N) is 1. The van der Waals surface area contributed by atoms with E-state index >= 15 is 0 Å². The first-order valence-electron chi connectivity index (χ1n) is 9.35. The van der Waals surface area contributed by atoms with Crippen molar-refractivity contribution in [1.29, 1.82) is 0 Å². The Hall–Kier alpha value is -1.95. The summed E-state index contributed by atoms with van der Waals surface area (Å²) in [4.78, 5) is 0. The molecule has 0 fully saturated rings. The van der Waals surface area contributed by atoms with Gasteiger partial charge in [-0.2, -0.15) is 0 Å². The summed E-state index contributed by atoms with van der Waals surface area (Å²) in [5.74, 6) is 0. The Bertz CT molecular complexity index is 763. The molecule has 0 saturated heterocycles. The van der Waals surface area contributed by atoms with Gasteiger partial charge in [-0.05, 0) is 15.9 Å². The summed E-state index contributed by atoms with van der Waals surface area (Å²) >= 11 is 0. The Morgan fingerprint density at radius 3 is 1.27 bits per heavy atom. The zero-order valence-corrected chi connectivity index (χ0v) is 18.3. The zero-order chi connectivity index (χ0) is 18.6.